The molecule has 0 aliphatic carbocycles. The second kappa shape index (κ2) is 7.46. The van der Waals surface area contributed by atoms with Crippen LogP contribution in [0.15, 0.2) is 47.6 Å². The SMILES string of the molecule is NC(=S)NN=Cc1cccc(COc2cc(F)ccc2F)c1. The summed E-state index contributed by atoms with van der Waals surface area (Å²) in [5, 5.41) is 3.90. The molecule has 0 aliphatic rings. The van der Waals surface area contributed by atoms with Crippen molar-refractivity contribution in [2.75, 3.05) is 0 Å². The second-order valence-electron chi connectivity index (χ2n) is 4.34. The molecule has 0 saturated carbocycles. The molecule has 2 aromatic carbocycles. The van der Waals surface area contributed by atoms with Gasteiger partial charge in [0.1, 0.15) is 12.4 Å². The van der Waals surface area contributed by atoms with Crippen LogP contribution in [0, 0.1) is 11.6 Å². The first kappa shape index (κ1) is 15.8. The predicted octanol–water partition coefficient (Wildman–Crippen LogP) is 2.71. The van der Waals surface area contributed by atoms with Crippen LogP contribution in [-0.2, 0) is 6.61 Å². The van der Waals surface area contributed by atoms with E-state index in [4.69, 9.17) is 10.5 Å². The first-order valence-corrected chi connectivity index (χ1v) is 6.71. The summed E-state index contributed by atoms with van der Waals surface area (Å²) in [6, 6.07) is 10.3. The Morgan fingerprint density at radius 1 is 1.27 bits per heavy atom. The molecule has 0 aliphatic heterocycles. The fourth-order valence-electron chi connectivity index (χ4n) is 1.68. The minimum atomic E-state index is -0.611. The smallest absolute Gasteiger partial charge is 0.184 e. The van der Waals surface area contributed by atoms with Crippen molar-refractivity contribution >= 4 is 23.5 Å². The van der Waals surface area contributed by atoms with E-state index in [1.165, 1.54) is 6.21 Å². The van der Waals surface area contributed by atoms with Crippen LogP contribution in [-0.4, -0.2) is 11.3 Å². The summed E-state index contributed by atoms with van der Waals surface area (Å²) < 4.78 is 31.8. The molecule has 0 atom stereocenters. The average Bonchev–Trinajstić information content (AvgIpc) is 2.48. The Morgan fingerprint density at radius 2 is 2.09 bits per heavy atom. The Hall–Kier alpha value is -2.54. The monoisotopic (exact) mass is 321 g/mol. The van der Waals surface area contributed by atoms with E-state index >= 15 is 0 Å². The summed E-state index contributed by atoms with van der Waals surface area (Å²) in [5.41, 5.74) is 9.25. The third-order valence-corrected chi connectivity index (χ3v) is 2.72. The van der Waals surface area contributed by atoms with E-state index in [9.17, 15) is 8.78 Å². The van der Waals surface area contributed by atoms with Crippen molar-refractivity contribution in [3.63, 3.8) is 0 Å². The summed E-state index contributed by atoms with van der Waals surface area (Å²) >= 11 is 4.62. The van der Waals surface area contributed by atoms with Gasteiger partial charge in [0.15, 0.2) is 16.7 Å². The van der Waals surface area contributed by atoms with Crippen LogP contribution in [0.5, 0.6) is 5.75 Å². The largest absolute Gasteiger partial charge is 0.486 e. The molecule has 0 saturated heterocycles. The number of ether oxygens (including phenoxy) is 1. The molecule has 0 radical (unpaired) electrons. The lowest BCUT2D eigenvalue weighted by molar-refractivity contribution is 0.288. The van der Waals surface area contributed by atoms with E-state index in [-0.39, 0.29) is 17.5 Å². The van der Waals surface area contributed by atoms with E-state index in [1.54, 1.807) is 18.2 Å². The maximum atomic E-state index is 13.4. The predicted molar refractivity (Wildman–Crippen MR) is 84.6 cm³/mol. The zero-order chi connectivity index (χ0) is 15.9. The van der Waals surface area contributed by atoms with E-state index in [2.05, 4.69) is 22.7 Å². The van der Waals surface area contributed by atoms with Crippen molar-refractivity contribution in [2.24, 2.45) is 10.8 Å². The fraction of sp³-hybridized carbons (Fsp3) is 0.0667. The van der Waals surface area contributed by atoms with Gasteiger partial charge in [-0.1, -0.05) is 18.2 Å². The van der Waals surface area contributed by atoms with Crippen LogP contribution in [0.2, 0.25) is 0 Å². The number of benzene rings is 2. The molecule has 0 fully saturated rings. The zero-order valence-electron chi connectivity index (χ0n) is 11.4. The molecule has 2 rings (SSSR count). The normalized spacial score (nSPS) is 10.6. The highest BCUT2D eigenvalue weighted by Gasteiger charge is 2.05. The van der Waals surface area contributed by atoms with Gasteiger partial charge in [-0.3, -0.25) is 5.43 Å². The Labute approximate surface area is 131 Å². The van der Waals surface area contributed by atoms with Crippen LogP contribution in [0.25, 0.3) is 0 Å². The minimum Gasteiger partial charge on any atom is -0.486 e. The Kier molecular flexibility index (Phi) is 5.37. The summed E-state index contributed by atoms with van der Waals surface area (Å²) in [6.07, 6.45) is 1.53. The maximum Gasteiger partial charge on any atom is 0.184 e. The minimum absolute atomic E-state index is 0.0670. The van der Waals surface area contributed by atoms with Gasteiger partial charge in [-0.05, 0) is 41.5 Å². The third-order valence-electron chi connectivity index (χ3n) is 2.63. The van der Waals surface area contributed by atoms with Crippen molar-refractivity contribution in [3.05, 3.63) is 65.2 Å². The lowest BCUT2D eigenvalue weighted by Crippen LogP contribution is -2.23. The lowest BCUT2D eigenvalue weighted by Gasteiger charge is -2.08. The van der Waals surface area contributed by atoms with Crippen molar-refractivity contribution in [1.82, 2.24) is 5.43 Å². The lowest BCUT2D eigenvalue weighted by atomic mass is 10.1. The van der Waals surface area contributed by atoms with E-state index < -0.39 is 11.6 Å². The standard InChI is InChI=1S/C15H13F2N3OS/c16-12-4-5-13(17)14(7-12)21-9-11-3-1-2-10(6-11)8-19-20-15(18)22/h1-8H,9H2,(H3,18,20,22). The maximum absolute atomic E-state index is 13.4. The molecule has 0 unspecified atom stereocenters. The van der Waals surface area contributed by atoms with Crippen LogP contribution in [0.1, 0.15) is 11.1 Å². The van der Waals surface area contributed by atoms with Gasteiger partial charge in [0, 0.05) is 6.07 Å². The summed E-state index contributed by atoms with van der Waals surface area (Å²) in [5.74, 6) is -1.30. The number of hydrazone groups is 1. The molecule has 7 heteroatoms. The van der Waals surface area contributed by atoms with Gasteiger partial charge in [0.2, 0.25) is 0 Å². The fourth-order valence-corrected chi connectivity index (χ4v) is 1.74. The third kappa shape index (κ3) is 4.78. The summed E-state index contributed by atoms with van der Waals surface area (Å²) in [7, 11) is 0. The highest BCUT2D eigenvalue weighted by atomic mass is 32.1. The van der Waals surface area contributed by atoms with Gasteiger partial charge in [-0.15, -0.1) is 0 Å². The molecule has 22 heavy (non-hydrogen) atoms. The highest BCUT2D eigenvalue weighted by Crippen LogP contribution is 2.19. The number of hydrogen-bond donors (Lipinski definition) is 2. The number of nitrogens with two attached hydrogens (primary N) is 1. The van der Waals surface area contributed by atoms with Crippen LogP contribution in [0.3, 0.4) is 0 Å². The van der Waals surface area contributed by atoms with Crippen LogP contribution in [0.4, 0.5) is 8.78 Å². The van der Waals surface area contributed by atoms with Gasteiger partial charge in [0.05, 0.1) is 6.21 Å². The highest BCUT2D eigenvalue weighted by molar-refractivity contribution is 7.80. The number of nitrogens with zero attached hydrogens (tertiary/aromatic N) is 1. The number of halogens is 2. The van der Waals surface area contributed by atoms with E-state index in [0.29, 0.717) is 0 Å². The molecule has 3 N–H and O–H groups in total. The Balaban J connectivity index is 2.02. The van der Waals surface area contributed by atoms with Gasteiger partial charge in [-0.2, -0.15) is 5.10 Å². The summed E-state index contributed by atoms with van der Waals surface area (Å²) in [4.78, 5) is 0. The quantitative estimate of drug-likeness (QED) is 0.505. The molecule has 0 heterocycles. The van der Waals surface area contributed by atoms with Gasteiger partial charge < -0.3 is 10.5 Å². The Morgan fingerprint density at radius 3 is 2.86 bits per heavy atom. The van der Waals surface area contributed by atoms with Crippen molar-refractivity contribution < 1.29 is 13.5 Å². The van der Waals surface area contributed by atoms with Crippen molar-refractivity contribution in [2.45, 2.75) is 6.61 Å². The van der Waals surface area contributed by atoms with Crippen molar-refractivity contribution in [1.29, 1.82) is 0 Å². The number of nitrogens with one attached hydrogen (secondary N) is 1. The topological polar surface area (TPSA) is 59.6 Å². The molecular weight excluding hydrogens is 308 g/mol. The molecular formula is C15H13F2N3OS. The van der Waals surface area contributed by atoms with Crippen LogP contribution >= 0.6 is 12.2 Å². The van der Waals surface area contributed by atoms with Gasteiger partial charge in [0.25, 0.3) is 0 Å². The summed E-state index contributed by atoms with van der Waals surface area (Å²) in [6.45, 7) is 0.102. The van der Waals surface area contributed by atoms with E-state index in [0.717, 1.165) is 29.3 Å². The molecule has 2 aromatic rings. The molecule has 0 amide bonds. The van der Waals surface area contributed by atoms with Crippen molar-refractivity contribution in [3.8, 4) is 5.75 Å². The molecule has 0 bridgehead atoms. The van der Waals surface area contributed by atoms with Gasteiger partial charge in [-0.25, -0.2) is 8.78 Å². The first-order valence-electron chi connectivity index (χ1n) is 6.30. The Bertz CT molecular complexity index is 707. The van der Waals surface area contributed by atoms with Crippen LogP contribution < -0.4 is 15.9 Å². The zero-order valence-corrected chi connectivity index (χ0v) is 12.2. The molecule has 0 spiro atoms. The second-order valence-corrected chi connectivity index (χ2v) is 4.78. The number of rotatable bonds is 5. The van der Waals surface area contributed by atoms with E-state index in [1.807, 2.05) is 6.07 Å². The molecule has 0 aromatic heterocycles. The molecule has 4 nitrogen and oxygen atoms in total. The average molecular weight is 321 g/mol. The molecule has 114 valence electrons. The van der Waals surface area contributed by atoms with Gasteiger partial charge >= 0.3 is 0 Å². The first-order chi connectivity index (χ1) is 10.5. The number of thiocarbonyl (C=S) groups is 1. The number of hydrogen-bond acceptors (Lipinski definition) is 3.